The molecule has 4 heteroatoms. The summed E-state index contributed by atoms with van der Waals surface area (Å²) in [7, 11) is 0. The number of benzene rings is 1. The topological polar surface area (TPSA) is 42.2 Å². The average Bonchev–Trinajstić information content (AvgIpc) is 2.46. The molecule has 4 nitrogen and oxygen atoms in total. The van der Waals surface area contributed by atoms with Crippen LogP contribution in [0.4, 0.5) is 4.79 Å². The number of hydrogen-bond donors (Lipinski definition) is 1. The molecule has 0 atom stereocenters. The number of pyridine rings is 1. The van der Waals surface area contributed by atoms with Crippen molar-refractivity contribution in [3.05, 3.63) is 66.0 Å². The molecule has 1 aromatic heterocycles. The Morgan fingerprint density at radius 2 is 1.68 bits per heavy atom. The van der Waals surface area contributed by atoms with Crippen LogP contribution in [0.3, 0.4) is 0 Å². The molecule has 22 heavy (non-hydrogen) atoms. The molecule has 0 unspecified atom stereocenters. The fraction of sp³-hybridized carbons (Fsp3) is 0.333. The molecule has 0 saturated carbocycles. The smallest absolute Gasteiger partial charge is 0.407 e. The van der Waals surface area contributed by atoms with Crippen LogP contribution in [0.15, 0.2) is 54.9 Å². The molecule has 0 aliphatic rings. The quantitative estimate of drug-likeness (QED) is 0.882. The Bertz CT molecular complexity index is 601. The second-order valence-corrected chi connectivity index (χ2v) is 6.22. The van der Waals surface area contributed by atoms with Crippen LogP contribution >= 0.6 is 0 Å². The molecule has 1 aromatic carbocycles. The second-order valence-electron chi connectivity index (χ2n) is 6.22. The molecule has 0 spiro atoms. The van der Waals surface area contributed by atoms with Gasteiger partial charge in [-0.2, -0.15) is 0 Å². The first-order valence-electron chi connectivity index (χ1n) is 7.41. The van der Waals surface area contributed by atoms with Gasteiger partial charge in [-0.1, -0.05) is 30.3 Å². The van der Waals surface area contributed by atoms with Crippen LogP contribution in [0.2, 0.25) is 0 Å². The normalized spacial score (nSPS) is 11.0. The summed E-state index contributed by atoms with van der Waals surface area (Å²) in [6, 6.07) is 14.3. The van der Waals surface area contributed by atoms with Gasteiger partial charge in [-0.25, -0.2) is 9.36 Å². The summed E-state index contributed by atoms with van der Waals surface area (Å²) < 4.78 is 7.31. The summed E-state index contributed by atoms with van der Waals surface area (Å²) in [4.78, 5) is 11.6. The minimum Gasteiger partial charge on any atom is -0.444 e. The maximum absolute atomic E-state index is 11.6. The number of nitrogens with one attached hydrogen (secondary N) is 1. The zero-order valence-electron chi connectivity index (χ0n) is 13.4. The Morgan fingerprint density at radius 3 is 2.27 bits per heavy atom. The lowest BCUT2D eigenvalue weighted by molar-refractivity contribution is -0.688. The van der Waals surface area contributed by atoms with Crippen molar-refractivity contribution in [2.24, 2.45) is 0 Å². The molecule has 0 bridgehead atoms. The van der Waals surface area contributed by atoms with Crippen molar-refractivity contribution in [3.8, 4) is 0 Å². The van der Waals surface area contributed by atoms with Crippen molar-refractivity contribution in [1.29, 1.82) is 0 Å². The fourth-order valence-corrected chi connectivity index (χ4v) is 1.99. The molecule has 0 fully saturated rings. The average molecular weight is 299 g/mol. The van der Waals surface area contributed by atoms with E-state index in [1.807, 2.05) is 63.5 Å². The Labute approximate surface area is 131 Å². The standard InChI is InChI=1S/C18H22N2O2/c1-18(2,3)22-17(21)19-13-15-9-11-20(12-10-15)14-16-7-5-4-6-8-16/h4-12H,13-14H2,1-3H3/p+1. The van der Waals surface area contributed by atoms with Gasteiger partial charge in [-0.15, -0.1) is 0 Å². The molecular weight excluding hydrogens is 276 g/mol. The van der Waals surface area contributed by atoms with E-state index >= 15 is 0 Å². The van der Waals surface area contributed by atoms with Gasteiger partial charge in [0.15, 0.2) is 18.9 Å². The van der Waals surface area contributed by atoms with Gasteiger partial charge < -0.3 is 10.1 Å². The van der Waals surface area contributed by atoms with E-state index in [9.17, 15) is 4.79 Å². The third kappa shape index (κ3) is 5.56. The second kappa shape index (κ2) is 7.07. The van der Waals surface area contributed by atoms with Gasteiger partial charge in [0.1, 0.15) is 5.60 Å². The third-order valence-electron chi connectivity index (χ3n) is 3.00. The number of carbonyl (C=O) groups is 1. The number of rotatable bonds is 4. The van der Waals surface area contributed by atoms with Gasteiger partial charge in [0, 0.05) is 24.2 Å². The van der Waals surface area contributed by atoms with Gasteiger partial charge in [0.2, 0.25) is 0 Å². The summed E-state index contributed by atoms with van der Waals surface area (Å²) in [5, 5.41) is 2.75. The SMILES string of the molecule is CC(C)(C)OC(=O)NCc1cc[n+](Cc2ccccc2)cc1. The molecule has 116 valence electrons. The van der Waals surface area contributed by atoms with Gasteiger partial charge >= 0.3 is 6.09 Å². The van der Waals surface area contributed by atoms with Crippen molar-refractivity contribution in [2.45, 2.75) is 39.5 Å². The molecule has 1 N–H and O–H groups in total. The van der Waals surface area contributed by atoms with Crippen molar-refractivity contribution >= 4 is 6.09 Å². The van der Waals surface area contributed by atoms with E-state index in [4.69, 9.17) is 4.74 Å². The monoisotopic (exact) mass is 299 g/mol. The summed E-state index contributed by atoms with van der Waals surface area (Å²) in [5.74, 6) is 0. The van der Waals surface area contributed by atoms with E-state index in [1.165, 1.54) is 5.56 Å². The first-order valence-corrected chi connectivity index (χ1v) is 7.41. The molecule has 0 radical (unpaired) electrons. The summed E-state index contributed by atoms with van der Waals surface area (Å²) >= 11 is 0. The Kier molecular flexibility index (Phi) is 5.15. The first-order chi connectivity index (χ1) is 10.4. The molecule has 2 aromatic rings. The minimum atomic E-state index is -0.473. The van der Waals surface area contributed by atoms with Crippen molar-refractivity contribution in [2.75, 3.05) is 0 Å². The maximum atomic E-state index is 11.6. The summed E-state index contributed by atoms with van der Waals surface area (Å²) in [6.45, 7) is 6.84. The maximum Gasteiger partial charge on any atom is 0.407 e. The van der Waals surface area contributed by atoms with Crippen molar-refractivity contribution < 1.29 is 14.1 Å². The number of nitrogens with zero attached hydrogens (tertiary/aromatic N) is 1. The first kappa shape index (κ1) is 16.0. The van der Waals surface area contributed by atoms with Gasteiger partial charge in [0.05, 0.1) is 0 Å². The van der Waals surface area contributed by atoms with Gasteiger partial charge in [-0.05, 0) is 26.3 Å². The fourth-order valence-electron chi connectivity index (χ4n) is 1.99. The van der Waals surface area contributed by atoms with E-state index in [1.54, 1.807) is 0 Å². The highest BCUT2D eigenvalue weighted by atomic mass is 16.6. The van der Waals surface area contributed by atoms with Crippen LogP contribution in [0.5, 0.6) is 0 Å². The van der Waals surface area contributed by atoms with E-state index in [0.717, 1.165) is 12.1 Å². The van der Waals surface area contributed by atoms with Crippen LogP contribution in [0.25, 0.3) is 0 Å². The molecule has 2 rings (SSSR count). The summed E-state index contributed by atoms with van der Waals surface area (Å²) in [5.41, 5.74) is 1.82. The Hall–Kier alpha value is -2.36. The molecule has 1 amide bonds. The zero-order chi connectivity index (χ0) is 16.0. The summed E-state index contributed by atoms with van der Waals surface area (Å²) in [6.07, 6.45) is 3.63. The van der Waals surface area contributed by atoms with Gasteiger partial charge in [-0.3, -0.25) is 0 Å². The molecular formula is C18H23N2O2+. The highest BCUT2D eigenvalue weighted by Crippen LogP contribution is 2.07. The number of amides is 1. The minimum absolute atomic E-state index is 0.395. The van der Waals surface area contributed by atoms with Crippen LogP contribution in [0, 0.1) is 0 Å². The third-order valence-corrected chi connectivity index (χ3v) is 3.00. The number of alkyl carbamates (subject to hydrolysis) is 1. The van der Waals surface area contributed by atoms with Crippen molar-refractivity contribution in [1.82, 2.24) is 5.32 Å². The lowest BCUT2D eigenvalue weighted by Gasteiger charge is -2.19. The largest absolute Gasteiger partial charge is 0.444 e. The highest BCUT2D eigenvalue weighted by molar-refractivity contribution is 5.67. The molecule has 0 aliphatic heterocycles. The highest BCUT2D eigenvalue weighted by Gasteiger charge is 2.15. The number of aromatic nitrogens is 1. The predicted molar refractivity (Wildman–Crippen MR) is 85.3 cm³/mol. The van der Waals surface area contributed by atoms with E-state index in [-0.39, 0.29) is 0 Å². The van der Waals surface area contributed by atoms with Crippen LogP contribution < -0.4 is 9.88 Å². The zero-order valence-corrected chi connectivity index (χ0v) is 13.4. The van der Waals surface area contributed by atoms with Crippen molar-refractivity contribution in [3.63, 3.8) is 0 Å². The van der Waals surface area contributed by atoms with Crippen LogP contribution in [-0.2, 0) is 17.8 Å². The number of carbonyl (C=O) groups excluding carboxylic acids is 1. The lowest BCUT2D eigenvalue weighted by atomic mass is 10.2. The van der Waals surface area contributed by atoms with E-state index < -0.39 is 11.7 Å². The molecule has 0 aliphatic carbocycles. The molecule has 1 heterocycles. The van der Waals surface area contributed by atoms with Crippen LogP contribution in [0.1, 0.15) is 31.9 Å². The van der Waals surface area contributed by atoms with Crippen LogP contribution in [-0.4, -0.2) is 11.7 Å². The Balaban J connectivity index is 1.86. The van der Waals surface area contributed by atoms with Gasteiger partial charge in [0.25, 0.3) is 0 Å². The Morgan fingerprint density at radius 1 is 1.05 bits per heavy atom. The van der Waals surface area contributed by atoms with E-state index in [0.29, 0.717) is 6.54 Å². The lowest BCUT2D eigenvalue weighted by Crippen LogP contribution is -2.34. The predicted octanol–water partition coefficient (Wildman–Crippen LogP) is 3.05. The molecule has 0 saturated heterocycles. The number of ether oxygens (including phenoxy) is 1. The van der Waals surface area contributed by atoms with E-state index in [2.05, 4.69) is 22.0 Å². The number of hydrogen-bond acceptors (Lipinski definition) is 2.